The molecule has 1 aromatic carbocycles. The van der Waals surface area contributed by atoms with Crippen molar-refractivity contribution >= 4 is 0 Å². The molecule has 1 aliphatic carbocycles. The van der Waals surface area contributed by atoms with Gasteiger partial charge in [-0.1, -0.05) is 42.7 Å². The van der Waals surface area contributed by atoms with E-state index in [1.165, 1.54) is 56.3 Å². The fourth-order valence-electron chi connectivity index (χ4n) is 3.65. The molecule has 2 fully saturated rings. The first-order valence-corrected chi connectivity index (χ1v) is 7.05. The topological polar surface area (TPSA) is 12.0 Å². The molecule has 0 spiro atoms. The molecule has 3 rings (SSSR count). The van der Waals surface area contributed by atoms with Crippen LogP contribution in [0.1, 0.15) is 36.8 Å². The predicted octanol–water partition coefficient (Wildman–Crippen LogP) is 3.32. The third kappa shape index (κ3) is 2.13. The van der Waals surface area contributed by atoms with Gasteiger partial charge in [0.1, 0.15) is 0 Å². The van der Waals surface area contributed by atoms with Crippen molar-refractivity contribution in [2.45, 2.75) is 39.0 Å². The maximum Gasteiger partial charge on any atom is 0.00261 e. The largest absolute Gasteiger partial charge is 0.315 e. The van der Waals surface area contributed by atoms with Gasteiger partial charge in [-0.15, -0.1) is 0 Å². The molecule has 17 heavy (non-hydrogen) atoms. The van der Waals surface area contributed by atoms with Crippen LogP contribution >= 0.6 is 0 Å². The molecule has 1 saturated heterocycles. The Bertz CT molecular complexity index is 369. The van der Waals surface area contributed by atoms with Crippen molar-refractivity contribution in [1.82, 2.24) is 5.32 Å². The lowest BCUT2D eigenvalue weighted by molar-refractivity contribution is 0.0812. The summed E-state index contributed by atoms with van der Waals surface area (Å²) >= 11 is 0. The molecule has 0 radical (unpaired) electrons. The number of aryl methyl sites for hydroxylation is 1. The zero-order valence-corrected chi connectivity index (χ0v) is 10.8. The average Bonchev–Trinajstić information content (AvgIpc) is 2.80. The van der Waals surface area contributed by atoms with Gasteiger partial charge in [-0.3, -0.25) is 0 Å². The molecular weight excluding hydrogens is 206 g/mol. The highest BCUT2D eigenvalue weighted by Crippen LogP contribution is 2.44. The Kier molecular flexibility index (Phi) is 2.96. The van der Waals surface area contributed by atoms with Gasteiger partial charge in [0, 0.05) is 18.5 Å². The lowest BCUT2D eigenvalue weighted by atomic mass is 9.66. The van der Waals surface area contributed by atoms with Gasteiger partial charge in [-0.25, -0.2) is 0 Å². The maximum absolute atomic E-state index is 3.51. The summed E-state index contributed by atoms with van der Waals surface area (Å²) in [5.41, 5.74) is 3.49. The molecule has 1 saturated carbocycles. The second-order valence-electron chi connectivity index (χ2n) is 6.11. The second-order valence-corrected chi connectivity index (χ2v) is 6.11. The van der Waals surface area contributed by atoms with Crippen LogP contribution in [-0.2, 0) is 6.42 Å². The number of hydrogen-bond acceptors (Lipinski definition) is 1. The lowest BCUT2D eigenvalue weighted by Gasteiger charge is -2.48. The minimum atomic E-state index is 0.589. The Balaban J connectivity index is 1.75. The van der Waals surface area contributed by atoms with Gasteiger partial charge in [-0.05, 0) is 37.7 Å². The van der Waals surface area contributed by atoms with Crippen molar-refractivity contribution in [3.8, 4) is 0 Å². The van der Waals surface area contributed by atoms with Crippen LogP contribution in [0, 0.1) is 18.3 Å². The minimum absolute atomic E-state index is 0.589. The fraction of sp³-hybridized carbons (Fsp3) is 0.625. The van der Waals surface area contributed by atoms with Gasteiger partial charge < -0.3 is 5.32 Å². The molecule has 1 nitrogen and oxygen atoms in total. The first kappa shape index (κ1) is 11.3. The smallest absolute Gasteiger partial charge is 0.00261 e. The van der Waals surface area contributed by atoms with Crippen LogP contribution in [0.3, 0.4) is 0 Å². The van der Waals surface area contributed by atoms with Crippen LogP contribution < -0.4 is 5.32 Å². The first-order chi connectivity index (χ1) is 8.28. The number of benzene rings is 1. The molecule has 1 aromatic rings. The van der Waals surface area contributed by atoms with E-state index < -0.39 is 0 Å². The highest BCUT2D eigenvalue weighted by atomic mass is 15.0. The van der Waals surface area contributed by atoms with E-state index in [1.807, 2.05) is 0 Å². The van der Waals surface area contributed by atoms with Crippen molar-refractivity contribution in [3.05, 3.63) is 35.4 Å². The Hall–Kier alpha value is -0.820. The van der Waals surface area contributed by atoms with Gasteiger partial charge in [0.2, 0.25) is 0 Å². The van der Waals surface area contributed by atoms with E-state index in [0.29, 0.717) is 5.41 Å². The third-order valence-electron chi connectivity index (χ3n) is 4.85. The van der Waals surface area contributed by atoms with Crippen molar-refractivity contribution in [2.24, 2.45) is 11.3 Å². The molecule has 1 heteroatoms. The quantitative estimate of drug-likeness (QED) is 0.838. The Morgan fingerprint density at radius 3 is 2.29 bits per heavy atom. The molecule has 2 aliphatic rings. The molecular formula is C16H23N. The van der Waals surface area contributed by atoms with Crippen LogP contribution in [-0.4, -0.2) is 13.1 Å². The summed E-state index contributed by atoms with van der Waals surface area (Å²) in [6, 6.07) is 9.16. The maximum atomic E-state index is 3.51. The number of nitrogens with one attached hydrogen (secondary N) is 1. The van der Waals surface area contributed by atoms with Crippen LogP contribution in [0.4, 0.5) is 0 Å². The van der Waals surface area contributed by atoms with Crippen LogP contribution in [0.25, 0.3) is 0 Å². The van der Waals surface area contributed by atoms with E-state index in [9.17, 15) is 0 Å². The lowest BCUT2D eigenvalue weighted by Crippen LogP contribution is -2.58. The van der Waals surface area contributed by atoms with E-state index in [4.69, 9.17) is 0 Å². The summed E-state index contributed by atoms with van der Waals surface area (Å²) in [7, 11) is 0. The summed E-state index contributed by atoms with van der Waals surface area (Å²) in [6.07, 6.45) is 7.13. The summed E-state index contributed by atoms with van der Waals surface area (Å²) in [6.45, 7) is 4.65. The molecule has 0 aromatic heterocycles. The minimum Gasteiger partial charge on any atom is -0.315 e. The first-order valence-electron chi connectivity index (χ1n) is 7.05. The molecule has 0 amide bonds. The SMILES string of the molecule is Cc1ccc(CC2(C3CCCC3)CNC2)cc1. The van der Waals surface area contributed by atoms with Gasteiger partial charge >= 0.3 is 0 Å². The molecule has 1 aliphatic heterocycles. The van der Waals surface area contributed by atoms with Gasteiger partial charge in [0.25, 0.3) is 0 Å². The third-order valence-corrected chi connectivity index (χ3v) is 4.85. The monoisotopic (exact) mass is 229 g/mol. The zero-order valence-electron chi connectivity index (χ0n) is 10.8. The average molecular weight is 229 g/mol. The van der Waals surface area contributed by atoms with Crippen molar-refractivity contribution in [3.63, 3.8) is 0 Å². The molecule has 1 heterocycles. The standard InChI is InChI=1S/C16H23N/c1-13-6-8-14(9-7-13)10-16(11-17-12-16)15-4-2-3-5-15/h6-9,15,17H,2-5,10-12H2,1H3. The van der Waals surface area contributed by atoms with Gasteiger partial charge in [0.05, 0.1) is 0 Å². The van der Waals surface area contributed by atoms with E-state index in [2.05, 4.69) is 36.5 Å². The number of rotatable bonds is 3. The van der Waals surface area contributed by atoms with E-state index in [0.717, 1.165) is 5.92 Å². The molecule has 1 N–H and O–H groups in total. The Morgan fingerprint density at radius 1 is 1.12 bits per heavy atom. The zero-order chi connectivity index (χ0) is 11.7. The van der Waals surface area contributed by atoms with Gasteiger partial charge in [-0.2, -0.15) is 0 Å². The fourth-order valence-corrected chi connectivity index (χ4v) is 3.65. The molecule has 92 valence electrons. The van der Waals surface area contributed by atoms with Crippen molar-refractivity contribution < 1.29 is 0 Å². The Morgan fingerprint density at radius 2 is 1.76 bits per heavy atom. The van der Waals surface area contributed by atoms with Crippen LogP contribution in [0.2, 0.25) is 0 Å². The molecule has 0 atom stereocenters. The summed E-state index contributed by atoms with van der Waals surface area (Å²) in [4.78, 5) is 0. The summed E-state index contributed by atoms with van der Waals surface area (Å²) < 4.78 is 0. The van der Waals surface area contributed by atoms with Crippen molar-refractivity contribution in [1.29, 1.82) is 0 Å². The van der Waals surface area contributed by atoms with Crippen LogP contribution in [0.15, 0.2) is 24.3 Å². The number of hydrogen-bond donors (Lipinski definition) is 1. The van der Waals surface area contributed by atoms with E-state index in [1.54, 1.807) is 0 Å². The van der Waals surface area contributed by atoms with Gasteiger partial charge in [0.15, 0.2) is 0 Å². The highest BCUT2D eigenvalue weighted by Gasteiger charge is 2.44. The Labute approximate surface area is 105 Å². The highest BCUT2D eigenvalue weighted by molar-refractivity contribution is 5.23. The van der Waals surface area contributed by atoms with Crippen LogP contribution in [0.5, 0.6) is 0 Å². The van der Waals surface area contributed by atoms with Crippen molar-refractivity contribution in [2.75, 3.05) is 13.1 Å². The second kappa shape index (κ2) is 4.45. The normalized spacial score (nSPS) is 23.6. The van der Waals surface area contributed by atoms with E-state index in [-0.39, 0.29) is 0 Å². The summed E-state index contributed by atoms with van der Waals surface area (Å²) in [5.74, 6) is 0.977. The molecule has 0 unspecified atom stereocenters. The summed E-state index contributed by atoms with van der Waals surface area (Å²) in [5, 5.41) is 3.51. The van der Waals surface area contributed by atoms with E-state index >= 15 is 0 Å². The predicted molar refractivity (Wildman–Crippen MR) is 72.1 cm³/mol. The molecule has 0 bridgehead atoms.